The van der Waals surface area contributed by atoms with Crippen molar-refractivity contribution in [2.45, 2.75) is 24.9 Å². The first-order valence-electron chi connectivity index (χ1n) is 11.4. The second kappa shape index (κ2) is 10.2. The molecule has 0 unspecified atom stereocenters. The molecule has 36 heavy (non-hydrogen) atoms. The topological polar surface area (TPSA) is 132 Å². The number of hydrogen-bond acceptors (Lipinski definition) is 8. The van der Waals surface area contributed by atoms with E-state index in [1.165, 1.54) is 12.7 Å². The van der Waals surface area contributed by atoms with Gasteiger partial charge in [0.05, 0.1) is 26.1 Å². The van der Waals surface area contributed by atoms with Crippen molar-refractivity contribution in [1.29, 1.82) is 0 Å². The number of carbonyl (C=O) groups excluding carboxylic acids is 1. The first kappa shape index (κ1) is 23.6. The smallest absolute Gasteiger partial charge is 0.257 e. The Morgan fingerprint density at radius 1 is 1.17 bits per heavy atom. The van der Waals surface area contributed by atoms with Gasteiger partial charge in [-0.25, -0.2) is 15.0 Å². The Morgan fingerprint density at radius 2 is 1.94 bits per heavy atom. The van der Waals surface area contributed by atoms with Crippen LogP contribution in [-0.2, 0) is 9.53 Å². The lowest BCUT2D eigenvalue weighted by Crippen LogP contribution is -2.24. The Labute approximate surface area is 206 Å². The molecule has 1 amide bonds. The molecule has 3 N–H and O–H groups in total. The number of nitrogens with zero attached hydrogens (tertiary/aromatic N) is 4. The van der Waals surface area contributed by atoms with E-state index in [4.69, 9.17) is 9.47 Å². The molecule has 0 spiro atoms. The number of imidazole rings is 1. The maximum atomic E-state index is 13.5. The van der Waals surface area contributed by atoms with Gasteiger partial charge in [0.1, 0.15) is 24.4 Å². The zero-order valence-electron chi connectivity index (χ0n) is 19.5. The largest absolute Gasteiger partial charge is 0.497 e. The maximum absolute atomic E-state index is 13.5. The van der Waals surface area contributed by atoms with E-state index >= 15 is 0 Å². The van der Waals surface area contributed by atoms with Crippen molar-refractivity contribution < 1.29 is 24.5 Å². The SMILES string of the molecule is COc1ccc(/C=C(/C(=O)Nc2ncnc3c2ncn3[C@H]2C[C@H](O)[C@@H](CO)O2)c2ccccc2)cc1. The van der Waals surface area contributed by atoms with E-state index in [1.54, 1.807) is 17.8 Å². The molecular formula is C26H25N5O5. The van der Waals surface area contributed by atoms with E-state index in [0.717, 1.165) is 16.9 Å². The number of rotatable bonds is 7. The molecule has 1 fully saturated rings. The number of nitrogens with one attached hydrogen (secondary N) is 1. The van der Waals surface area contributed by atoms with Crippen molar-refractivity contribution in [1.82, 2.24) is 19.5 Å². The van der Waals surface area contributed by atoms with E-state index in [0.29, 0.717) is 16.7 Å². The minimum Gasteiger partial charge on any atom is -0.497 e. The fraction of sp³-hybridized carbons (Fsp3) is 0.231. The second-order valence-electron chi connectivity index (χ2n) is 8.31. The molecule has 10 nitrogen and oxygen atoms in total. The van der Waals surface area contributed by atoms with Crippen LogP contribution in [0.25, 0.3) is 22.8 Å². The first-order valence-corrected chi connectivity index (χ1v) is 11.4. The number of anilines is 1. The number of aliphatic hydroxyl groups excluding tert-OH is 2. The van der Waals surface area contributed by atoms with Gasteiger partial charge in [-0.1, -0.05) is 42.5 Å². The van der Waals surface area contributed by atoms with E-state index in [9.17, 15) is 15.0 Å². The van der Waals surface area contributed by atoms with Gasteiger partial charge in [-0.3, -0.25) is 9.36 Å². The standard InChI is InChI=1S/C26H25N5O5/c1-35-18-9-7-16(8-10-18)11-19(17-5-3-2-4-6-17)26(34)30-24-23-25(28-14-27-24)31(15-29-23)22-12-20(33)21(13-32)36-22/h2-11,14-15,20-22,32-33H,12-13H2,1H3,(H,27,28,30,34)/b19-11+/t20-,21+,22+/m0/s1. The third-order valence-corrected chi connectivity index (χ3v) is 6.04. The highest BCUT2D eigenvalue weighted by atomic mass is 16.5. The predicted molar refractivity (Wildman–Crippen MR) is 133 cm³/mol. The quantitative estimate of drug-likeness (QED) is 0.268. The first-order chi connectivity index (χ1) is 17.6. The molecule has 10 heteroatoms. The van der Waals surface area contributed by atoms with E-state index < -0.39 is 18.4 Å². The van der Waals surface area contributed by atoms with Crippen LogP contribution in [0.2, 0.25) is 0 Å². The zero-order chi connectivity index (χ0) is 25.1. The number of methoxy groups -OCH3 is 1. The lowest BCUT2D eigenvalue weighted by molar-refractivity contribution is -0.111. The minimum absolute atomic E-state index is 0.248. The number of fused-ring (bicyclic) bond motifs is 1. The fourth-order valence-corrected chi connectivity index (χ4v) is 4.14. The fourth-order valence-electron chi connectivity index (χ4n) is 4.14. The number of aliphatic hydroxyl groups is 2. The third-order valence-electron chi connectivity index (χ3n) is 6.04. The molecule has 0 aliphatic carbocycles. The average molecular weight is 488 g/mol. The lowest BCUT2D eigenvalue weighted by Gasteiger charge is -2.14. The van der Waals surface area contributed by atoms with Crippen molar-refractivity contribution in [2.24, 2.45) is 0 Å². The van der Waals surface area contributed by atoms with Crippen LogP contribution in [0, 0.1) is 0 Å². The van der Waals surface area contributed by atoms with Gasteiger partial charge in [0, 0.05) is 12.0 Å². The van der Waals surface area contributed by atoms with Gasteiger partial charge in [0.2, 0.25) is 0 Å². The lowest BCUT2D eigenvalue weighted by atomic mass is 10.0. The molecule has 5 rings (SSSR count). The number of aromatic nitrogens is 4. The van der Waals surface area contributed by atoms with Crippen molar-refractivity contribution in [3.8, 4) is 5.75 Å². The van der Waals surface area contributed by atoms with Gasteiger partial charge in [-0.2, -0.15) is 0 Å². The summed E-state index contributed by atoms with van der Waals surface area (Å²) in [6, 6.07) is 16.7. The Bertz CT molecular complexity index is 1390. The molecule has 4 aromatic rings. The highest BCUT2D eigenvalue weighted by Crippen LogP contribution is 2.32. The molecule has 0 bridgehead atoms. The summed E-state index contributed by atoms with van der Waals surface area (Å²) < 4.78 is 12.6. The molecule has 0 radical (unpaired) electrons. The van der Waals surface area contributed by atoms with Gasteiger partial charge in [0.25, 0.3) is 5.91 Å². The van der Waals surface area contributed by atoms with Crippen LogP contribution in [0.15, 0.2) is 67.3 Å². The van der Waals surface area contributed by atoms with Gasteiger partial charge in [-0.05, 0) is 29.3 Å². The van der Waals surface area contributed by atoms with Crippen LogP contribution in [-0.4, -0.2) is 61.6 Å². The van der Waals surface area contributed by atoms with Gasteiger partial charge in [0.15, 0.2) is 17.0 Å². The number of ether oxygens (including phenoxy) is 2. The molecule has 3 atom stereocenters. The maximum Gasteiger partial charge on any atom is 0.257 e. The normalized spacial score (nSPS) is 20.0. The van der Waals surface area contributed by atoms with Crippen LogP contribution in [0.5, 0.6) is 5.75 Å². The predicted octanol–water partition coefficient (Wildman–Crippen LogP) is 2.65. The Kier molecular flexibility index (Phi) is 6.72. The van der Waals surface area contributed by atoms with Crippen molar-refractivity contribution in [3.05, 3.63) is 78.4 Å². The second-order valence-corrected chi connectivity index (χ2v) is 8.31. The highest BCUT2D eigenvalue weighted by molar-refractivity contribution is 6.29. The Balaban J connectivity index is 1.46. The van der Waals surface area contributed by atoms with Crippen molar-refractivity contribution >= 4 is 34.5 Å². The van der Waals surface area contributed by atoms with Crippen LogP contribution in [0.3, 0.4) is 0 Å². The Morgan fingerprint density at radius 3 is 2.64 bits per heavy atom. The van der Waals surface area contributed by atoms with Gasteiger partial charge >= 0.3 is 0 Å². The number of amides is 1. The molecule has 0 saturated carbocycles. The molecule has 1 aliphatic heterocycles. The summed E-state index contributed by atoms with van der Waals surface area (Å²) in [7, 11) is 1.60. The van der Waals surface area contributed by atoms with Crippen LogP contribution in [0.1, 0.15) is 23.8 Å². The van der Waals surface area contributed by atoms with Crippen LogP contribution >= 0.6 is 0 Å². The van der Waals surface area contributed by atoms with E-state index in [1.807, 2.05) is 54.6 Å². The molecule has 1 saturated heterocycles. The molecule has 3 heterocycles. The van der Waals surface area contributed by atoms with E-state index in [-0.39, 0.29) is 24.8 Å². The van der Waals surface area contributed by atoms with Crippen molar-refractivity contribution in [3.63, 3.8) is 0 Å². The Hall–Kier alpha value is -4.12. The summed E-state index contributed by atoms with van der Waals surface area (Å²) in [5.41, 5.74) is 2.84. The molecule has 1 aliphatic rings. The zero-order valence-corrected chi connectivity index (χ0v) is 19.5. The summed E-state index contributed by atoms with van der Waals surface area (Å²) in [6.45, 7) is -0.288. The molecule has 2 aromatic heterocycles. The molecular weight excluding hydrogens is 462 g/mol. The van der Waals surface area contributed by atoms with Crippen LogP contribution in [0.4, 0.5) is 5.82 Å². The van der Waals surface area contributed by atoms with Crippen molar-refractivity contribution in [2.75, 3.05) is 19.0 Å². The minimum atomic E-state index is -0.796. The summed E-state index contributed by atoms with van der Waals surface area (Å²) in [4.78, 5) is 26.4. The average Bonchev–Trinajstić information content (AvgIpc) is 3.51. The summed E-state index contributed by atoms with van der Waals surface area (Å²) in [5, 5.41) is 22.4. The number of benzene rings is 2. The number of hydrogen-bond donors (Lipinski definition) is 3. The number of carbonyl (C=O) groups is 1. The van der Waals surface area contributed by atoms with Gasteiger partial charge < -0.3 is 25.0 Å². The molecule has 2 aromatic carbocycles. The summed E-state index contributed by atoms with van der Waals surface area (Å²) in [5.74, 6) is 0.609. The van der Waals surface area contributed by atoms with Crippen LogP contribution < -0.4 is 10.1 Å². The molecule has 184 valence electrons. The summed E-state index contributed by atoms with van der Waals surface area (Å²) >= 11 is 0. The third kappa shape index (κ3) is 4.69. The summed E-state index contributed by atoms with van der Waals surface area (Å²) in [6.07, 6.45) is 2.92. The van der Waals surface area contributed by atoms with E-state index in [2.05, 4.69) is 20.3 Å². The monoisotopic (exact) mass is 487 g/mol. The highest BCUT2D eigenvalue weighted by Gasteiger charge is 2.35. The van der Waals surface area contributed by atoms with Gasteiger partial charge in [-0.15, -0.1) is 0 Å².